The maximum atomic E-state index is 2.59. The van der Waals surface area contributed by atoms with E-state index >= 15 is 0 Å². The predicted molar refractivity (Wildman–Crippen MR) is 55.3 cm³/mol. The Bertz CT molecular complexity index is 232. The van der Waals surface area contributed by atoms with E-state index in [0.29, 0.717) is 0 Å². The molecule has 0 N–H and O–H groups in total. The number of hydrogen-bond acceptors (Lipinski definition) is 2. The van der Waals surface area contributed by atoms with Crippen molar-refractivity contribution < 1.29 is 0 Å². The first-order chi connectivity index (χ1) is 6.24. The lowest BCUT2D eigenvalue weighted by atomic mass is 9.98. The van der Waals surface area contributed by atoms with Crippen LogP contribution in [-0.4, -0.2) is 36.0 Å². The van der Waals surface area contributed by atoms with Gasteiger partial charge in [0, 0.05) is 37.6 Å². The average molecular weight is 180 g/mol. The molecule has 2 aliphatic rings. The molecule has 13 heavy (non-hydrogen) atoms. The van der Waals surface area contributed by atoms with Crippen LogP contribution in [0.25, 0.3) is 0 Å². The summed E-state index contributed by atoms with van der Waals surface area (Å²) in [6, 6.07) is 0.782. The minimum Gasteiger partial charge on any atom is -0.372 e. The molecular formula is C11H20N2. The summed E-state index contributed by atoms with van der Waals surface area (Å²) >= 11 is 0. The lowest BCUT2D eigenvalue weighted by Crippen LogP contribution is -2.50. The summed E-state index contributed by atoms with van der Waals surface area (Å²) in [4.78, 5) is 5.07. The Morgan fingerprint density at radius 2 is 2.23 bits per heavy atom. The first-order valence-electron chi connectivity index (χ1n) is 5.41. The van der Waals surface area contributed by atoms with E-state index < -0.39 is 0 Å². The van der Waals surface area contributed by atoms with Gasteiger partial charge in [-0.05, 0) is 26.2 Å². The van der Waals surface area contributed by atoms with E-state index in [-0.39, 0.29) is 0 Å². The van der Waals surface area contributed by atoms with Crippen molar-refractivity contribution in [2.24, 2.45) is 0 Å². The first kappa shape index (κ1) is 8.92. The Kier molecular flexibility index (Phi) is 2.22. The largest absolute Gasteiger partial charge is 0.372 e. The van der Waals surface area contributed by atoms with Gasteiger partial charge in [-0.2, -0.15) is 0 Å². The molecular weight excluding hydrogens is 160 g/mol. The fraction of sp³-hybridized carbons (Fsp3) is 0.818. The summed E-state index contributed by atoms with van der Waals surface area (Å²) in [6.07, 6.45) is 3.93. The van der Waals surface area contributed by atoms with Gasteiger partial charge in [-0.3, -0.25) is 0 Å². The van der Waals surface area contributed by atoms with E-state index in [1.54, 1.807) is 5.70 Å². The highest BCUT2D eigenvalue weighted by Gasteiger charge is 2.30. The van der Waals surface area contributed by atoms with Crippen LogP contribution in [0.5, 0.6) is 0 Å². The molecule has 2 heterocycles. The minimum absolute atomic E-state index is 0.782. The highest BCUT2D eigenvalue weighted by Crippen LogP contribution is 2.30. The van der Waals surface area contributed by atoms with Gasteiger partial charge >= 0.3 is 0 Å². The van der Waals surface area contributed by atoms with Crippen molar-refractivity contribution in [3.63, 3.8) is 0 Å². The topological polar surface area (TPSA) is 6.48 Å². The number of nitrogens with zero attached hydrogens (tertiary/aromatic N) is 2. The Morgan fingerprint density at radius 3 is 2.92 bits per heavy atom. The Balaban J connectivity index is 2.30. The van der Waals surface area contributed by atoms with Crippen LogP contribution in [0.1, 0.15) is 33.1 Å². The van der Waals surface area contributed by atoms with Gasteiger partial charge in [0.1, 0.15) is 0 Å². The van der Waals surface area contributed by atoms with Crippen LogP contribution in [0, 0.1) is 0 Å². The van der Waals surface area contributed by atoms with Crippen molar-refractivity contribution in [2.75, 3.05) is 20.1 Å². The molecule has 0 aromatic heterocycles. The molecule has 1 fully saturated rings. The first-order valence-corrected chi connectivity index (χ1v) is 5.41. The van der Waals surface area contributed by atoms with Crippen molar-refractivity contribution in [1.29, 1.82) is 0 Å². The minimum atomic E-state index is 0.782. The molecule has 2 nitrogen and oxygen atoms in total. The molecule has 0 saturated carbocycles. The molecule has 1 saturated heterocycles. The molecule has 2 rings (SSSR count). The molecule has 74 valence electrons. The van der Waals surface area contributed by atoms with E-state index in [9.17, 15) is 0 Å². The summed E-state index contributed by atoms with van der Waals surface area (Å²) in [7, 11) is 2.25. The van der Waals surface area contributed by atoms with Crippen molar-refractivity contribution in [3.05, 3.63) is 11.4 Å². The molecule has 0 aromatic carbocycles. The van der Waals surface area contributed by atoms with Crippen molar-refractivity contribution in [3.8, 4) is 0 Å². The Labute approximate surface area is 81.2 Å². The number of likely N-dealkylation sites (N-methyl/N-ethyl adjacent to an activating group) is 1. The van der Waals surface area contributed by atoms with Crippen molar-refractivity contribution in [2.45, 2.75) is 39.2 Å². The van der Waals surface area contributed by atoms with Crippen LogP contribution < -0.4 is 0 Å². The van der Waals surface area contributed by atoms with E-state index in [1.807, 2.05) is 0 Å². The number of fused-ring (bicyclic) bond motifs is 2. The summed E-state index contributed by atoms with van der Waals surface area (Å²) in [5.41, 5.74) is 3.07. The summed E-state index contributed by atoms with van der Waals surface area (Å²) in [6.45, 7) is 7.08. The molecule has 0 aromatic rings. The quantitative estimate of drug-likeness (QED) is 0.609. The van der Waals surface area contributed by atoms with Crippen molar-refractivity contribution in [1.82, 2.24) is 9.80 Å². The summed E-state index contributed by atoms with van der Waals surface area (Å²) < 4.78 is 0. The second kappa shape index (κ2) is 3.24. The van der Waals surface area contributed by atoms with Crippen LogP contribution >= 0.6 is 0 Å². The van der Waals surface area contributed by atoms with Gasteiger partial charge in [0.2, 0.25) is 0 Å². The third kappa shape index (κ3) is 1.32. The zero-order valence-corrected chi connectivity index (χ0v) is 9.01. The highest BCUT2D eigenvalue weighted by molar-refractivity contribution is 5.16. The van der Waals surface area contributed by atoms with E-state index in [4.69, 9.17) is 0 Å². The third-order valence-corrected chi connectivity index (χ3v) is 3.61. The van der Waals surface area contributed by atoms with E-state index in [2.05, 4.69) is 30.7 Å². The molecule has 1 atom stereocenters. The normalized spacial score (nSPS) is 28.4. The molecule has 0 aliphatic carbocycles. The van der Waals surface area contributed by atoms with Gasteiger partial charge in [0.05, 0.1) is 0 Å². The smallest absolute Gasteiger partial charge is 0.0460 e. The number of rotatable bonds is 1. The van der Waals surface area contributed by atoms with Gasteiger partial charge < -0.3 is 9.80 Å². The second-order valence-corrected chi connectivity index (χ2v) is 4.24. The lowest BCUT2D eigenvalue weighted by molar-refractivity contribution is 0.125. The standard InChI is InChI=1S/C11H20N2/c1-4-11-9(2)12(3)10-6-5-7-13(11)8-10/h10H,4-8H2,1-3H3. The molecule has 1 unspecified atom stereocenters. The number of hydrogen-bond donors (Lipinski definition) is 0. The molecule has 2 heteroatoms. The highest BCUT2D eigenvalue weighted by atomic mass is 15.3. The van der Waals surface area contributed by atoms with Crippen LogP contribution in [-0.2, 0) is 0 Å². The van der Waals surface area contributed by atoms with Crippen molar-refractivity contribution >= 4 is 0 Å². The zero-order valence-electron chi connectivity index (χ0n) is 9.01. The van der Waals surface area contributed by atoms with Gasteiger partial charge in [0.15, 0.2) is 0 Å². The number of piperidine rings is 1. The molecule has 2 bridgehead atoms. The molecule has 2 aliphatic heterocycles. The van der Waals surface area contributed by atoms with Gasteiger partial charge in [-0.25, -0.2) is 0 Å². The third-order valence-electron chi connectivity index (χ3n) is 3.61. The lowest BCUT2D eigenvalue weighted by Gasteiger charge is -2.47. The fourth-order valence-electron chi connectivity index (χ4n) is 2.70. The van der Waals surface area contributed by atoms with Crippen LogP contribution in [0.15, 0.2) is 11.4 Å². The number of allylic oxidation sites excluding steroid dienone is 2. The van der Waals surface area contributed by atoms with Gasteiger partial charge in [-0.15, -0.1) is 0 Å². The van der Waals surface area contributed by atoms with Crippen LogP contribution in [0.3, 0.4) is 0 Å². The fourth-order valence-corrected chi connectivity index (χ4v) is 2.70. The maximum absolute atomic E-state index is 2.59. The summed E-state index contributed by atoms with van der Waals surface area (Å²) in [5, 5.41) is 0. The van der Waals surface area contributed by atoms with Crippen LogP contribution in [0.4, 0.5) is 0 Å². The Hall–Kier alpha value is -0.660. The summed E-state index contributed by atoms with van der Waals surface area (Å²) in [5.74, 6) is 0. The van der Waals surface area contributed by atoms with Crippen LogP contribution in [0.2, 0.25) is 0 Å². The van der Waals surface area contributed by atoms with Gasteiger partial charge in [0.25, 0.3) is 0 Å². The zero-order chi connectivity index (χ0) is 9.42. The molecule has 0 radical (unpaired) electrons. The van der Waals surface area contributed by atoms with Gasteiger partial charge in [-0.1, -0.05) is 6.92 Å². The molecule has 0 amide bonds. The average Bonchev–Trinajstić information content (AvgIpc) is 2.16. The Morgan fingerprint density at radius 1 is 1.46 bits per heavy atom. The second-order valence-electron chi connectivity index (χ2n) is 4.24. The monoisotopic (exact) mass is 180 g/mol. The van der Waals surface area contributed by atoms with E-state index in [0.717, 1.165) is 6.04 Å². The molecule has 0 spiro atoms. The maximum Gasteiger partial charge on any atom is 0.0460 e. The SMILES string of the molecule is CCC1=C(C)N(C)C2CCCN1C2. The predicted octanol–water partition coefficient (Wildman–Crippen LogP) is 2.04. The van der Waals surface area contributed by atoms with E-state index in [1.165, 1.54) is 38.0 Å².